The van der Waals surface area contributed by atoms with Crippen LogP contribution in [0.4, 0.5) is 0 Å². The molecule has 0 aromatic carbocycles. The molecule has 1 N–H and O–H groups in total. The summed E-state index contributed by atoms with van der Waals surface area (Å²) in [5.41, 5.74) is -0.356. The van der Waals surface area contributed by atoms with Gasteiger partial charge in [-0.15, -0.1) is 0 Å². The van der Waals surface area contributed by atoms with Crippen LogP contribution in [-0.4, -0.2) is 36.1 Å². The summed E-state index contributed by atoms with van der Waals surface area (Å²) in [5.74, 6) is 0. The van der Waals surface area contributed by atoms with Gasteiger partial charge in [0.25, 0.3) is 0 Å². The van der Waals surface area contributed by atoms with Crippen LogP contribution in [0.15, 0.2) is 0 Å². The van der Waals surface area contributed by atoms with Crippen molar-refractivity contribution in [1.29, 1.82) is 5.26 Å². The molecule has 106 valence electrons. The van der Waals surface area contributed by atoms with Crippen LogP contribution in [0, 0.1) is 11.3 Å². The molecule has 0 radical (unpaired) electrons. The first-order valence-electron chi connectivity index (χ1n) is 7.43. The average molecular weight is 253 g/mol. The van der Waals surface area contributed by atoms with Crippen LogP contribution < -0.4 is 5.32 Å². The van der Waals surface area contributed by atoms with E-state index >= 15 is 0 Å². The van der Waals surface area contributed by atoms with Crippen molar-refractivity contribution in [1.82, 2.24) is 10.2 Å². The third kappa shape index (κ3) is 6.37. The molecule has 0 aromatic rings. The van der Waals surface area contributed by atoms with Crippen LogP contribution in [0.1, 0.15) is 60.3 Å². The third-order valence-electron chi connectivity index (χ3n) is 3.75. The Labute approximate surface area is 114 Å². The third-order valence-corrected chi connectivity index (χ3v) is 3.75. The van der Waals surface area contributed by atoms with E-state index in [-0.39, 0.29) is 5.54 Å². The molecular weight excluding hydrogens is 222 g/mol. The molecule has 2 unspecified atom stereocenters. The second kappa shape index (κ2) is 9.35. The van der Waals surface area contributed by atoms with Gasteiger partial charge < -0.3 is 4.90 Å². The Kier molecular flexibility index (Phi) is 9.05. The van der Waals surface area contributed by atoms with E-state index in [0.29, 0.717) is 6.04 Å². The van der Waals surface area contributed by atoms with E-state index in [0.717, 1.165) is 38.9 Å². The largest absolute Gasteiger partial charge is 0.301 e. The molecule has 0 saturated carbocycles. The highest BCUT2D eigenvalue weighted by atomic mass is 15.1. The standard InChI is InChI=1S/C15H31N3/c1-6-11-17-15(5,13-16)10-9-12-18(8-3)14(4)7-2/h14,17H,6-12H2,1-5H3. The van der Waals surface area contributed by atoms with Gasteiger partial charge >= 0.3 is 0 Å². The summed E-state index contributed by atoms with van der Waals surface area (Å²) in [6.45, 7) is 14.0. The van der Waals surface area contributed by atoms with E-state index < -0.39 is 0 Å². The number of nitrogens with one attached hydrogen (secondary N) is 1. The summed E-state index contributed by atoms with van der Waals surface area (Å²) in [5, 5.41) is 12.6. The van der Waals surface area contributed by atoms with Crippen molar-refractivity contribution in [2.45, 2.75) is 71.9 Å². The van der Waals surface area contributed by atoms with Crippen LogP contribution >= 0.6 is 0 Å². The maximum Gasteiger partial charge on any atom is 0.103 e. The minimum absolute atomic E-state index is 0.356. The Balaban J connectivity index is 4.09. The zero-order valence-electron chi connectivity index (χ0n) is 12.9. The van der Waals surface area contributed by atoms with Crippen LogP contribution in [0.2, 0.25) is 0 Å². The highest BCUT2D eigenvalue weighted by Crippen LogP contribution is 2.13. The van der Waals surface area contributed by atoms with E-state index in [4.69, 9.17) is 0 Å². The van der Waals surface area contributed by atoms with Crippen molar-refractivity contribution in [3.8, 4) is 6.07 Å². The van der Waals surface area contributed by atoms with E-state index in [2.05, 4.69) is 44.0 Å². The summed E-state index contributed by atoms with van der Waals surface area (Å²) in [7, 11) is 0. The van der Waals surface area contributed by atoms with Gasteiger partial charge in [0.15, 0.2) is 0 Å². The van der Waals surface area contributed by atoms with Crippen LogP contribution in [0.5, 0.6) is 0 Å². The van der Waals surface area contributed by atoms with Gasteiger partial charge in [-0.25, -0.2) is 0 Å². The number of nitrogens with zero attached hydrogens (tertiary/aromatic N) is 2. The summed E-state index contributed by atoms with van der Waals surface area (Å²) in [4.78, 5) is 2.50. The zero-order chi connectivity index (χ0) is 14.0. The predicted molar refractivity (Wildman–Crippen MR) is 78.5 cm³/mol. The van der Waals surface area contributed by atoms with Crippen LogP contribution in [-0.2, 0) is 0 Å². The molecule has 0 heterocycles. The topological polar surface area (TPSA) is 39.1 Å². The fourth-order valence-electron chi connectivity index (χ4n) is 2.17. The normalized spacial score (nSPS) is 16.3. The molecule has 0 spiro atoms. The second-order valence-electron chi connectivity index (χ2n) is 5.36. The number of hydrogen-bond donors (Lipinski definition) is 1. The molecule has 0 bridgehead atoms. The van der Waals surface area contributed by atoms with Crippen molar-refractivity contribution in [3.05, 3.63) is 0 Å². The fourth-order valence-corrected chi connectivity index (χ4v) is 2.17. The lowest BCUT2D eigenvalue weighted by Crippen LogP contribution is -2.42. The van der Waals surface area contributed by atoms with Crippen molar-refractivity contribution in [2.24, 2.45) is 0 Å². The highest BCUT2D eigenvalue weighted by Gasteiger charge is 2.22. The van der Waals surface area contributed by atoms with Crippen molar-refractivity contribution >= 4 is 0 Å². The maximum absolute atomic E-state index is 9.26. The molecule has 0 amide bonds. The van der Waals surface area contributed by atoms with Gasteiger partial charge in [-0.3, -0.25) is 5.32 Å². The SMILES string of the molecule is CCCNC(C)(C#N)CCCN(CC)C(C)CC. The maximum atomic E-state index is 9.26. The molecule has 0 aliphatic carbocycles. The summed E-state index contributed by atoms with van der Waals surface area (Å²) in [6.07, 6.45) is 4.28. The molecule has 3 heteroatoms. The van der Waals surface area contributed by atoms with Gasteiger partial charge in [0.1, 0.15) is 5.54 Å². The Morgan fingerprint density at radius 1 is 1.33 bits per heavy atom. The summed E-state index contributed by atoms with van der Waals surface area (Å²) < 4.78 is 0. The molecule has 0 saturated heterocycles. The molecule has 0 aromatic heterocycles. The van der Waals surface area contributed by atoms with E-state index in [1.54, 1.807) is 0 Å². The minimum Gasteiger partial charge on any atom is -0.301 e. The van der Waals surface area contributed by atoms with Gasteiger partial charge in [0, 0.05) is 6.04 Å². The van der Waals surface area contributed by atoms with Crippen molar-refractivity contribution in [2.75, 3.05) is 19.6 Å². The Morgan fingerprint density at radius 3 is 2.44 bits per heavy atom. The average Bonchev–Trinajstić information content (AvgIpc) is 2.40. The molecule has 3 nitrogen and oxygen atoms in total. The Bertz CT molecular complexity index is 247. The summed E-state index contributed by atoms with van der Waals surface area (Å²) >= 11 is 0. The first kappa shape index (κ1) is 17.4. The second-order valence-corrected chi connectivity index (χ2v) is 5.36. The van der Waals surface area contributed by atoms with Gasteiger partial charge in [-0.05, 0) is 59.2 Å². The zero-order valence-corrected chi connectivity index (χ0v) is 12.9. The molecule has 0 aliphatic rings. The first-order chi connectivity index (χ1) is 8.52. The molecule has 0 aliphatic heterocycles. The van der Waals surface area contributed by atoms with Gasteiger partial charge in [0.05, 0.1) is 6.07 Å². The van der Waals surface area contributed by atoms with Crippen molar-refractivity contribution in [3.63, 3.8) is 0 Å². The van der Waals surface area contributed by atoms with E-state index in [1.807, 2.05) is 6.92 Å². The fraction of sp³-hybridized carbons (Fsp3) is 0.933. The Morgan fingerprint density at radius 2 is 2.00 bits per heavy atom. The highest BCUT2D eigenvalue weighted by molar-refractivity contribution is 5.03. The predicted octanol–water partition coefficient (Wildman–Crippen LogP) is 3.17. The minimum atomic E-state index is -0.356. The smallest absolute Gasteiger partial charge is 0.103 e. The quantitative estimate of drug-likeness (QED) is 0.650. The number of nitriles is 1. The molecule has 0 rings (SSSR count). The van der Waals surface area contributed by atoms with Crippen LogP contribution in [0.3, 0.4) is 0 Å². The molecule has 2 atom stereocenters. The van der Waals surface area contributed by atoms with Crippen molar-refractivity contribution < 1.29 is 0 Å². The van der Waals surface area contributed by atoms with E-state index in [1.165, 1.54) is 6.42 Å². The van der Waals surface area contributed by atoms with Gasteiger partial charge in [-0.1, -0.05) is 20.8 Å². The molecule has 18 heavy (non-hydrogen) atoms. The van der Waals surface area contributed by atoms with Gasteiger partial charge in [-0.2, -0.15) is 5.26 Å². The molecule has 0 fully saturated rings. The first-order valence-corrected chi connectivity index (χ1v) is 7.43. The van der Waals surface area contributed by atoms with Gasteiger partial charge in [0.2, 0.25) is 0 Å². The molecular formula is C15H31N3. The number of hydrogen-bond acceptors (Lipinski definition) is 3. The lowest BCUT2D eigenvalue weighted by atomic mass is 9.97. The van der Waals surface area contributed by atoms with E-state index in [9.17, 15) is 5.26 Å². The summed E-state index contributed by atoms with van der Waals surface area (Å²) in [6, 6.07) is 3.06. The Hall–Kier alpha value is -0.590. The number of rotatable bonds is 10. The monoisotopic (exact) mass is 253 g/mol. The van der Waals surface area contributed by atoms with Crippen LogP contribution in [0.25, 0.3) is 0 Å². The lowest BCUT2D eigenvalue weighted by Gasteiger charge is -2.29. The lowest BCUT2D eigenvalue weighted by molar-refractivity contribution is 0.204.